The summed E-state index contributed by atoms with van der Waals surface area (Å²) in [6.45, 7) is 5.21. The van der Waals surface area contributed by atoms with Crippen LogP contribution < -0.4 is 10.1 Å². The van der Waals surface area contributed by atoms with Crippen LogP contribution in [0.5, 0.6) is 5.75 Å². The van der Waals surface area contributed by atoms with Gasteiger partial charge in [-0.3, -0.25) is 9.69 Å². The summed E-state index contributed by atoms with van der Waals surface area (Å²) < 4.78 is 5.11. The van der Waals surface area contributed by atoms with Crippen LogP contribution in [0.3, 0.4) is 0 Å². The highest BCUT2D eigenvalue weighted by atomic mass is 35.5. The standard InChI is InChI=1S/C19H23ClN2O2/c1-14(2)22(12-15-7-5-4-6-8-15)13-19(23)21-16-9-10-18(24-3)17(20)11-16/h4-11,14H,12-13H2,1-3H3,(H,21,23). The van der Waals surface area contributed by atoms with Gasteiger partial charge in [-0.1, -0.05) is 41.9 Å². The second-order valence-corrected chi connectivity index (χ2v) is 6.29. The van der Waals surface area contributed by atoms with Gasteiger partial charge in [-0.05, 0) is 37.6 Å². The maximum absolute atomic E-state index is 12.4. The summed E-state index contributed by atoms with van der Waals surface area (Å²) >= 11 is 6.09. The van der Waals surface area contributed by atoms with Crippen LogP contribution in [0.1, 0.15) is 19.4 Å². The van der Waals surface area contributed by atoms with Crippen LogP contribution in [0.2, 0.25) is 5.02 Å². The molecule has 5 heteroatoms. The largest absolute Gasteiger partial charge is 0.495 e. The number of amides is 1. The lowest BCUT2D eigenvalue weighted by Crippen LogP contribution is -2.37. The van der Waals surface area contributed by atoms with Crippen LogP contribution in [0.15, 0.2) is 48.5 Å². The molecule has 0 fully saturated rings. The first kappa shape index (κ1) is 18.3. The molecule has 0 radical (unpaired) electrons. The van der Waals surface area contributed by atoms with Gasteiger partial charge in [0.15, 0.2) is 0 Å². The van der Waals surface area contributed by atoms with Crippen molar-refractivity contribution in [3.8, 4) is 5.75 Å². The lowest BCUT2D eigenvalue weighted by atomic mass is 10.2. The number of anilines is 1. The molecule has 1 N–H and O–H groups in total. The molecule has 2 aromatic carbocycles. The molecule has 0 saturated heterocycles. The molecule has 0 spiro atoms. The molecule has 0 aromatic heterocycles. The van der Waals surface area contributed by atoms with Crippen molar-refractivity contribution >= 4 is 23.2 Å². The van der Waals surface area contributed by atoms with Gasteiger partial charge in [-0.2, -0.15) is 0 Å². The Bertz CT molecular complexity index is 674. The minimum atomic E-state index is -0.0686. The van der Waals surface area contributed by atoms with Crippen LogP contribution in [0.25, 0.3) is 0 Å². The number of carbonyl (C=O) groups excluding carboxylic acids is 1. The number of carbonyl (C=O) groups is 1. The van der Waals surface area contributed by atoms with Gasteiger partial charge in [0.25, 0.3) is 0 Å². The van der Waals surface area contributed by atoms with Gasteiger partial charge in [0.05, 0.1) is 18.7 Å². The SMILES string of the molecule is COc1ccc(NC(=O)CN(Cc2ccccc2)C(C)C)cc1Cl. The predicted molar refractivity (Wildman–Crippen MR) is 98.6 cm³/mol. The van der Waals surface area contributed by atoms with E-state index in [9.17, 15) is 4.79 Å². The first-order valence-corrected chi connectivity index (χ1v) is 8.28. The topological polar surface area (TPSA) is 41.6 Å². The van der Waals surface area contributed by atoms with E-state index in [1.807, 2.05) is 18.2 Å². The zero-order valence-corrected chi connectivity index (χ0v) is 15.0. The highest BCUT2D eigenvalue weighted by molar-refractivity contribution is 6.32. The van der Waals surface area contributed by atoms with Gasteiger partial charge >= 0.3 is 0 Å². The molecule has 0 unspecified atom stereocenters. The summed E-state index contributed by atoms with van der Waals surface area (Å²) in [7, 11) is 1.56. The molecule has 0 heterocycles. The Morgan fingerprint density at radius 2 is 1.92 bits per heavy atom. The summed E-state index contributed by atoms with van der Waals surface area (Å²) in [5, 5.41) is 3.36. The minimum Gasteiger partial charge on any atom is -0.495 e. The van der Waals surface area contributed by atoms with Crippen molar-refractivity contribution in [1.82, 2.24) is 4.90 Å². The molecule has 4 nitrogen and oxygen atoms in total. The monoisotopic (exact) mass is 346 g/mol. The predicted octanol–water partition coefficient (Wildman–Crippen LogP) is 4.20. The minimum absolute atomic E-state index is 0.0686. The zero-order chi connectivity index (χ0) is 17.5. The molecule has 0 bridgehead atoms. The van der Waals surface area contributed by atoms with Gasteiger partial charge < -0.3 is 10.1 Å². The lowest BCUT2D eigenvalue weighted by molar-refractivity contribution is -0.117. The zero-order valence-electron chi connectivity index (χ0n) is 14.3. The Morgan fingerprint density at radius 3 is 2.50 bits per heavy atom. The summed E-state index contributed by atoms with van der Waals surface area (Å²) in [4.78, 5) is 14.5. The second kappa shape index (κ2) is 8.71. The number of nitrogens with zero attached hydrogens (tertiary/aromatic N) is 1. The van der Waals surface area contributed by atoms with E-state index in [0.29, 0.717) is 23.0 Å². The summed E-state index contributed by atoms with van der Waals surface area (Å²) in [6.07, 6.45) is 0. The number of nitrogens with one attached hydrogen (secondary N) is 1. The van der Waals surface area contributed by atoms with Crippen molar-refractivity contribution in [3.05, 3.63) is 59.1 Å². The fourth-order valence-electron chi connectivity index (χ4n) is 2.37. The Labute approximate surface area is 148 Å². The molecule has 0 saturated carbocycles. The molecular weight excluding hydrogens is 324 g/mol. The molecular formula is C19H23ClN2O2. The fraction of sp³-hybridized carbons (Fsp3) is 0.316. The van der Waals surface area contributed by atoms with Crippen molar-refractivity contribution < 1.29 is 9.53 Å². The highest BCUT2D eigenvalue weighted by Gasteiger charge is 2.15. The third-order valence-corrected chi connectivity index (χ3v) is 4.04. The number of benzene rings is 2. The van der Waals surface area contributed by atoms with Crippen LogP contribution in [0.4, 0.5) is 5.69 Å². The first-order chi connectivity index (χ1) is 11.5. The lowest BCUT2D eigenvalue weighted by Gasteiger charge is -2.26. The van der Waals surface area contributed by atoms with E-state index >= 15 is 0 Å². The Hall–Kier alpha value is -2.04. The van der Waals surface area contributed by atoms with Gasteiger partial charge in [0, 0.05) is 18.3 Å². The number of ether oxygens (including phenoxy) is 1. The van der Waals surface area contributed by atoms with Gasteiger partial charge in [0.2, 0.25) is 5.91 Å². The average molecular weight is 347 g/mol. The Kier molecular flexibility index (Phi) is 6.64. The van der Waals surface area contributed by atoms with E-state index in [-0.39, 0.29) is 11.9 Å². The van der Waals surface area contributed by atoms with E-state index in [1.165, 1.54) is 5.56 Å². The number of methoxy groups -OCH3 is 1. The number of hydrogen-bond acceptors (Lipinski definition) is 3. The van der Waals surface area contributed by atoms with E-state index in [1.54, 1.807) is 25.3 Å². The third kappa shape index (κ3) is 5.25. The van der Waals surface area contributed by atoms with E-state index in [0.717, 1.165) is 6.54 Å². The van der Waals surface area contributed by atoms with E-state index in [2.05, 4.69) is 36.2 Å². The third-order valence-electron chi connectivity index (χ3n) is 3.74. The van der Waals surface area contributed by atoms with Gasteiger partial charge in [0.1, 0.15) is 5.75 Å². The molecule has 0 aliphatic carbocycles. The normalized spacial score (nSPS) is 10.9. The molecule has 0 atom stereocenters. The van der Waals surface area contributed by atoms with Crippen LogP contribution >= 0.6 is 11.6 Å². The molecule has 24 heavy (non-hydrogen) atoms. The number of rotatable bonds is 7. The molecule has 0 aliphatic rings. The van der Waals surface area contributed by atoms with Gasteiger partial charge in [-0.25, -0.2) is 0 Å². The van der Waals surface area contributed by atoms with Crippen molar-refractivity contribution in [2.75, 3.05) is 19.0 Å². The van der Waals surface area contributed by atoms with Crippen molar-refractivity contribution in [2.24, 2.45) is 0 Å². The Balaban J connectivity index is 1.99. The quantitative estimate of drug-likeness (QED) is 0.817. The molecule has 2 aromatic rings. The summed E-state index contributed by atoms with van der Waals surface area (Å²) in [6, 6.07) is 15.6. The number of halogens is 1. The van der Waals surface area contributed by atoms with E-state index < -0.39 is 0 Å². The summed E-state index contributed by atoms with van der Waals surface area (Å²) in [5.74, 6) is 0.517. The van der Waals surface area contributed by atoms with E-state index in [4.69, 9.17) is 16.3 Å². The van der Waals surface area contributed by atoms with Crippen LogP contribution in [0, 0.1) is 0 Å². The van der Waals surface area contributed by atoms with Crippen LogP contribution in [-0.2, 0) is 11.3 Å². The van der Waals surface area contributed by atoms with Crippen molar-refractivity contribution in [2.45, 2.75) is 26.4 Å². The second-order valence-electron chi connectivity index (χ2n) is 5.88. The highest BCUT2D eigenvalue weighted by Crippen LogP contribution is 2.27. The van der Waals surface area contributed by atoms with Crippen molar-refractivity contribution in [3.63, 3.8) is 0 Å². The number of hydrogen-bond donors (Lipinski definition) is 1. The van der Waals surface area contributed by atoms with Gasteiger partial charge in [-0.15, -0.1) is 0 Å². The maximum Gasteiger partial charge on any atom is 0.238 e. The molecule has 2 rings (SSSR count). The first-order valence-electron chi connectivity index (χ1n) is 7.91. The Morgan fingerprint density at radius 1 is 1.21 bits per heavy atom. The average Bonchev–Trinajstić information content (AvgIpc) is 2.55. The van der Waals surface area contributed by atoms with Crippen LogP contribution in [-0.4, -0.2) is 30.5 Å². The smallest absolute Gasteiger partial charge is 0.238 e. The van der Waals surface area contributed by atoms with Crippen molar-refractivity contribution in [1.29, 1.82) is 0 Å². The fourth-order valence-corrected chi connectivity index (χ4v) is 2.63. The maximum atomic E-state index is 12.4. The molecule has 1 amide bonds. The molecule has 128 valence electrons. The molecule has 0 aliphatic heterocycles. The summed E-state index contributed by atoms with van der Waals surface area (Å²) in [5.41, 5.74) is 1.85.